The monoisotopic (exact) mass is 362 g/mol. The number of imidazole rings is 1. The summed E-state index contributed by atoms with van der Waals surface area (Å²) < 4.78 is 1.96. The summed E-state index contributed by atoms with van der Waals surface area (Å²) in [6.45, 7) is 3.72. The molecule has 4 heterocycles. The van der Waals surface area contributed by atoms with Gasteiger partial charge in [-0.15, -0.1) is 11.3 Å². The van der Waals surface area contributed by atoms with Crippen LogP contribution in [0.2, 0.25) is 0 Å². The van der Waals surface area contributed by atoms with E-state index >= 15 is 0 Å². The van der Waals surface area contributed by atoms with Crippen LogP contribution in [-0.2, 0) is 11.3 Å². The minimum absolute atomic E-state index is 0.0800. The van der Waals surface area contributed by atoms with Crippen LogP contribution in [0.4, 0.5) is 4.79 Å². The van der Waals surface area contributed by atoms with Gasteiger partial charge in [0.25, 0.3) is 0 Å². The van der Waals surface area contributed by atoms with Crippen molar-refractivity contribution in [1.29, 1.82) is 0 Å². The molecule has 2 aromatic heterocycles. The molecule has 2 saturated heterocycles. The number of nitrogens with one attached hydrogen (secondary N) is 2. The van der Waals surface area contributed by atoms with Crippen molar-refractivity contribution in [3.63, 3.8) is 0 Å². The molecule has 2 aliphatic rings. The van der Waals surface area contributed by atoms with E-state index in [4.69, 9.17) is 0 Å². The van der Waals surface area contributed by atoms with Gasteiger partial charge < -0.3 is 20.4 Å². The van der Waals surface area contributed by atoms with Gasteiger partial charge in [0, 0.05) is 50.0 Å². The molecule has 1 unspecified atom stereocenters. The Kier molecular flexibility index (Phi) is 4.58. The Balaban J connectivity index is 1.33. The number of hydrogen-bond donors (Lipinski definition) is 2. The maximum atomic E-state index is 12.5. The number of carbonyl (C=O) groups excluding carboxylic acids is 2. The Bertz CT molecular complexity index is 743. The third-order valence-corrected chi connectivity index (χ3v) is 5.59. The summed E-state index contributed by atoms with van der Waals surface area (Å²) in [7, 11) is 0. The summed E-state index contributed by atoms with van der Waals surface area (Å²) in [5.74, 6) is 0.136. The number of fused-ring (bicyclic) bond motifs is 1. The van der Waals surface area contributed by atoms with Gasteiger partial charge in [0.2, 0.25) is 5.91 Å². The Morgan fingerprint density at radius 2 is 2.36 bits per heavy atom. The van der Waals surface area contributed by atoms with Crippen molar-refractivity contribution >= 4 is 28.2 Å². The van der Waals surface area contributed by atoms with E-state index in [1.807, 2.05) is 32.0 Å². The van der Waals surface area contributed by atoms with Gasteiger partial charge in [0.05, 0.1) is 18.8 Å². The fourth-order valence-electron chi connectivity index (χ4n) is 3.54. The summed E-state index contributed by atoms with van der Waals surface area (Å²) in [4.78, 5) is 33.7. The lowest BCUT2D eigenvalue weighted by atomic mass is 10.0. The first-order chi connectivity index (χ1) is 12.2. The fourth-order valence-corrected chi connectivity index (χ4v) is 4.26. The van der Waals surface area contributed by atoms with E-state index in [0.29, 0.717) is 19.6 Å². The maximum Gasteiger partial charge on any atom is 0.317 e. The van der Waals surface area contributed by atoms with Crippen LogP contribution >= 0.6 is 11.3 Å². The minimum atomic E-state index is -0.0800. The summed E-state index contributed by atoms with van der Waals surface area (Å²) in [6, 6.07) is 0.0516. The molecule has 2 N–H and O–H groups in total. The molecular formula is C16H22N6O2S. The molecule has 2 aromatic rings. The number of likely N-dealkylation sites (tertiary alicyclic amines) is 1. The van der Waals surface area contributed by atoms with Gasteiger partial charge >= 0.3 is 6.03 Å². The van der Waals surface area contributed by atoms with Gasteiger partial charge in [-0.3, -0.25) is 9.20 Å². The number of amides is 3. The molecule has 2 aliphatic heterocycles. The van der Waals surface area contributed by atoms with Crippen molar-refractivity contribution in [2.75, 3.05) is 32.7 Å². The van der Waals surface area contributed by atoms with Crippen LogP contribution < -0.4 is 10.6 Å². The zero-order chi connectivity index (χ0) is 17.2. The smallest absolute Gasteiger partial charge is 0.317 e. The maximum absolute atomic E-state index is 12.5. The SMILES string of the molecule is O=C(NCc1cn2ccsc2n1)N1CCCC(N2CCNCC2=O)C1. The van der Waals surface area contributed by atoms with Crippen molar-refractivity contribution < 1.29 is 9.59 Å². The summed E-state index contributed by atoms with van der Waals surface area (Å²) in [6.07, 6.45) is 5.78. The molecule has 0 aliphatic carbocycles. The molecule has 4 rings (SSSR count). The first-order valence-electron chi connectivity index (χ1n) is 8.65. The number of aromatic nitrogens is 2. The molecule has 9 heteroatoms. The highest BCUT2D eigenvalue weighted by atomic mass is 32.1. The van der Waals surface area contributed by atoms with E-state index in [1.54, 1.807) is 11.3 Å². The number of thiazole rings is 1. The molecule has 25 heavy (non-hydrogen) atoms. The second-order valence-corrected chi connectivity index (χ2v) is 7.36. The third kappa shape index (κ3) is 3.47. The molecule has 1 atom stereocenters. The average Bonchev–Trinajstić information content (AvgIpc) is 3.22. The van der Waals surface area contributed by atoms with Crippen LogP contribution in [-0.4, -0.2) is 69.9 Å². The van der Waals surface area contributed by atoms with Crippen LogP contribution in [0.1, 0.15) is 18.5 Å². The van der Waals surface area contributed by atoms with E-state index in [-0.39, 0.29) is 18.0 Å². The van der Waals surface area contributed by atoms with E-state index in [1.165, 1.54) is 0 Å². The van der Waals surface area contributed by atoms with Gasteiger partial charge in [-0.2, -0.15) is 0 Å². The Hall–Kier alpha value is -2.13. The van der Waals surface area contributed by atoms with Gasteiger partial charge in [0.15, 0.2) is 4.96 Å². The van der Waals surface area contributed by atoms with Crippen LogP contribution in [0.5, 0.6) is 0 Å². The Labute approximate surface area is 149 Å². The predicted molar refractivity (Wildman–Crippen MR) is 94.5 cm³/mol. The zero-order valence-electron chi connectivity index (χ0n) is 14.0. The van der Waals surface area contributed by atoms with Crippen molar-refractivity contribution in [3.8, 4) is 0 Å². The van der Waals surface area contributed by atoms with Gasteiger partial charge in [-0.1, -0.05) is 0 Å². The van der Waals surface area contributed by atoms with Gasteiger partial charge in [-0.05, 0) is 12.8 Å². The molecule has 0 spiro atoms. The Morgan fingerprint density at radius 3 is 3.20 bits per heavy atom. The number of hydrogen-bond acceptors (Lipinski definition) is 5. The first kappa shape index (κ1) is 16.3. The van der Waals surface area contributed by atoms with Crippen molar-refractivity contribution in [1.82, 2.24) is 29.8 Å². The van der Waals surface area contributed by atoms with Crippen molar-refractivity contribution in [2.45, 2.75) is 25.4 Å². The number of rotatable bonds is 3. The number of piperidine rings is 1. The highest BCUT2D eigenvalue weighted by molar-refractivity contribution is 7.15. The van der Waals surface area contributed by atoms with Gasteiger partial charge in [-0.25, -0.2) is 9.78 Å². The van der Waals surface area contributed by atoms with E-state index in [2.05, 4.69) is 15.6 Å². The van der Waals surface area contributed by atoms with Gasteiger partial charge in [0.1, 0.15) is 0 Å². The molecule has 0 bridgehead atoms. The highest BCUT2D eigenvalue weighted by Gasteiger charge is 2.31. The van der Waals surface area contributed by atoms with Crippen LogP contribution in [0.15, 0.2) is 17.8 Å². The lowest BCUT2D eigenvalue weighted by molar-refractivity contribution is -0.135. The number of piperazine rings is 1. The second-order valence-electron chi connectivity index (χ2n) is 6.49. The van der Waals surface area contributed by atoms with Crippen LogP contribution in [0.3, 0.4) is 0 Å². The molecule has 0 saturated carbocycles. The molecule has 3 amide bonds. The number of carbonyl (C=O) groups is 2. The van der Waals surface area contributed by atoms with Crippen molar-refractivity contribution in [2.24, 2.45) is 0 Å². The lowest BCUT2D eigenvalue weighted by Crippen LogP contribution is -2.58. The summed E-state index contributed by atoms with van der Waals surface area (Å²) >= 11 is 1.57. The van der Waals surface area contributed by atoms with E-state index in [0.717, 1.165) is 43.1 Å². The molecule has 0 aromatic carbocycles. The number of nitrogens with zero attached hydrogens (tertiary/aromatic N) is 4. The summed E-state index contributed by atoms with van der Waals surface area (Å²) in [5, 5.41) is 8.03. The standard InChI is InChI=1S/C16H22N6O2S/c23-14-9-17-3-5-22(14)13-2-1-4-20(11-13)15(24)18-8-12-10-21-6-7-25-16(21)19-12/h6-7,10,13,17H,1-5,8-9,11H2,(H,18,24). The predicted octanol–water partition coefficient (Wildman–Crippen LogP) is 0.502. The molecule has 2 fully saturated rings. The largest absolute Gasteiger partial charge is 0.336 e. The topological polar surface area (TPSA) is 82.0 Å². The molecule has 0 radical (unpaired) electrons. The van der Waals surface area contributed by atoms with Crippen molar-refractivity contribution in [3.05, 3.63) is 23.5 Å². The normalized spacial score (nSPS) is 21.8. The average molecular weight is 362 g/mol. The third-order valence-electron chi connectivity index (χ3n) is 4.81. The molecule has 134 valence electrons. The van der Waals surface area contributed by atoms with E-state index in [9.17, 15) is 9.59 Å². The second kappa shape index (κ2) is 7.01. The highest BCUT2D eigenvalue weighted by Crippen LogP contribution is 2.17. The fraction of sp³-hybridized carbons (Fsp3) is 0.562. The van der Waals surface area contributed by atoms with Crippen LogP contribution in [0, 0.1) is 0 Å². The number of urea groups is 1. The summed E-state index contributed by atoms with van der Waals surface area (Å²) in [5.41, 5.74) is 0.853. The lowest BCUT2D eigenvalue weighted by Gasteiger charge is -2.41. The van der Waals surface area contributed by atoms with E-state index < -0.39 is 0 Å². The first-order valence-corrected chi connectivity index (χ1v) is 9.53. The van der Waals surface area contributed by atoms with Crippen LogP contribution in [0.25, 0.3) is 4.96 Å². The molecular weight excluding hydrogens is 340 g/mol. The molecule has 8 nitrogen and oxygen atoms in total. The minimum Gasteiger partial charge on any atom is -0.336 e. The quantitative estimate of drug-likeness (QED) is 0.833. The Morgan fingerprint density at radius 1 is 1.44 bits per heavy atom. The zero-order valence-corrected chi connectivity index (χ0v) is 14.8.